The van der Waals surface area contributed by atoms with E-state index in [1.165, 1.54) is 0 Å². The Labute approximate surface area is 41.4 Å². The van der Waals surface area contributed by atoms with Gasteiger partial charge in [-0.05, 0) is 0 Å². The number of hydrogen-bond donors (Lipinski definition) is 1. The predicted molar refractivity (Wildman–Crippen MR) is 28.1 cm³/mol. The van der Waals surface area contributed by atoms with Crippen molar-refractivity contribution in [3.8, 4) is 0 Å². The van der Waals surface area contributed by atoms with E-state index in [-0.39, 0.29) is 0 Å². The molecular formula is C3H10O2S. The maximum Gasteiger partial charge on any atom is 0.0946 e. The second kappa shape index (κ2) is 8.99. The van der Waals surface area contributed by atoms with E-state index in [2.05, 4.69) is 0 Å². The first-order valence-corrected chi connectivity index (χ1v) is 3.40. The van der Waals surface area contributed by atoms with Crippen LogP contribution in [0.5, 0.6) is 0 Å². The lowest BCUT2D eigenvalue weighted by atomic mass is 11.8. The largest absolute Gasteiger partial charge is 0.617 e. The molecule has 0 atom stereocenters. The first-order chi connectivity index (χ1) is 2.73. The Kier molecular flexibility index (Phi) is 14.3. The highest BCUT2D eigenvalue weighted by Gasteiger charge is 1.66. The normalized spacial score (nSPS) is 7.00. The summed E-state index contributed by atoms with van der Waals surface area (Å²) in [7, 11) is 1.00. The zero-order valence-corrected chi connectivity index (χ0v) is 5.08. The topological polar surface area (TPSA) is 43.3 Å². The fourth-order valence-corrected chi connectivity index (χ4v) is 0. The third-order valence-electron chi connectivity index (χ3n) is 0. The van der Waals surface area contributed by atoms with Gasteiger partial charge in [0.2, 0.25) is 0 Å². The van der Waals surface area contributed by atoms with Gasteiger partial charge in [-0.1, -0.05) is 11.2 Å². The molecule has 0 saturated carbocycles. The van der Waals surface area contributed by atoms with Crippen LogP contribution in [-0.2, 0) is 11.2 Å². The summed E-state index contributed by atoms with van der Waals surface area (Å²) in [5, 5.41) is 7.00. The van der Waals surface area contributed by atoms with Gasteiger partial charge in [0.25, 0.3) is 0 Å². The summed E-state index contributed by atoms with van der Waals surface area (Å²) in [6.07, 6.45) is 3.28. The molecule has 0 rings (SSSR count). The lowest BCUT2D eigenvalue weighted by molar-refractivity contribution is 0.399. The zero-order chi connectivity index (χ0) is 5.58. The summed E-state index contributed by atoms with van der Waals surface area (Å²) < 4.78 is 9.56. The summed E-state index contributed by atoms with van der Waals surface area (Å²) in [6, 6.07) is 0. The summed E-state index contributed by atoms with van der Waals surface area (Å²) in [4.78, 5) is 0. The first kappa shape index (κ1) is 9.55. The molecule has 0 unspecified atom stereocenters. The van der Waals surface area contributed by atoms with E-state index in [9.17, 15) is 4.55 Å². The Balaban J connectivity index is 0. The van der Waals surface area contributed by atoms with Crippen molar-refractivity contribution in [3.05, 3.63) is 0 Å². The van der Waals surface area contributed by atoms with Gasteiger partial charge < -0.3 is 9.66 Å². The predicted octanol–water partition coefficient (Wildman–Crippen LogP) is -0.397. The van der Waals surface area contributed by atoms with E-state index in [1.807, 2.05) is 0 Å². The molecule has 0 aromatic rings. The molecule has 0 heterocycles. The lowest BCUT2D eigenvalue weighted by Crippen LogP contribution is -1.86. The summed E-state index contributed by atoms with van der Waals surface area (Å²) in [6.45, 7) is 0. The fraction of sp³-hybridized carbons (Fsp3) is 1.00. The van der Waals surface area contributed by atoms with Gasteiger partial charge in [-0.15, -0.1) is 0 Å². The van der Waals surface area contributed by atoms with Crippen LogP contribution in [0.1, 0.15) is 0 Å². The maximum absolute atomic E-state index is 9.56. The molecule has 0 bridgehead atoms. The molecule has 3 heteroatoms. The smallest absolute Gasteiger partial charge is 0.0946 e. The van der Waals surface area contributed by atoms with E-state index in [0.29, 0.717) is 0 Å². The van der Waals surface area contributed by atoms with Gasteiger partial charge in [0.05, 0.1) is 12.5 Å². The molecule has 40 valence electrons. The second-order valence-electron chi connectivity index (χ2n) is 0.742. The van der Waals surface area contributed by atoms with E-state index < -0.39 is 11.2 Å². The van der Waals surface area contributed by atoms with Gasteiger partial charge in [-0.2, -0.15) is 0 Å². The summed E-state index contributed by atoms with van der Waals surface area (Å²) >= 11 is -0.611. The summed E-state index contributed by atoms with van der Waals surface area (Å²) in [5.41, 5.74) is 0. The van der Waals surface area contributed by atoms with Crippen LogP contribution in [0.25, 0.3) is 0 Å². The SMILES string of the molecule is CO.C[S+](C)[O-]. The Bertz CT molecular complexity index is 13.5. The molecular weight excluding hydrogens is 100 g/mol. The average Bonchev–Trinajstić information content (AvgIpc) is 1.41. The lowest BCUT2D eigenvalue weighted by Gasteiger charge is -1.87. The fourth-order valence-electron chi connectivity index (χ4n) is 0. The van der Waals surface area contributed by atoms with Gasteiger partial charge in [0.1, 0.15) is 0 Å². The Morgan fingerprint density at radius 3 is 1.33 bits per heavy atom. The van der Waals surface area contributed by atoms with Crippen LogP contribution in [0.4, 0.5) is 0 Å². The molecule has 0 aromatic carbocycles. The van der Waals surface area contributed by atoms with E-state index >= 15 is 0 Å². The molecule has 0 fully saturated rings. The van der Waals surface area contributed by atoms with Gasteiger partial charge in [-0.3, -0.25) is 0 Å². The van der Waals surface area contributed by atoms with Crippen molar-refractivity contribution in [1.82, 2.24) is 0 Å². The Morgan fingerprint density at radius 2 is 1.33 bits per heavy atom. The van der Waals surface area contributed by atoms with Gasteiger partial charge in [0, 0.05) is 7.11 Å². The first-order valence-electron chi connectivity index (χ1n) is 1.43. The molecule has 0 aromatic heterocycles. The molecule has 0 amide bonds. The number of aliphatic hydroxyl groups excluding tert-OH is 1. The van der Waals surface area contributed by atoms with Crippen LogP contribution in [0.2, 0.25) is 0 Å². The molecule has 0 spiro atoms. The van der Waals surface area contributed by atoms with E-state index in [1.54, 1.807) is 12.5 Å². The molecule has 0 saturated heterocycles. The Hall–Kier alpha value is 0.270. The third-order valence-corrected chi connectivity index (χ3v) is 0. The minimum Gasteiger partial charge on any atom is -0.617 e. The highest BCUT2D eigenvalue weighted by molar-refractivity contribution is 7.89. The summed E-state index contributed by atoms with van der Waals surface area (Å²) in [5.74, 6) is 0. The van der Waals surface area contributed by atoms with Gasteiger partial charge >= 0.3 is 0 Å². The van der Waals surface area contributed by atoms with Crippen molar-refractivity contribution >= 4 is 11.2 Å². The van der Waals surface area contributed by atoms with E-state index in [0.717, 1.165) is 7.11 Å². The van der Waals surface area contributed by atoms with Crippen LogP contribution in [0.3, 0.4) is 0 Å². The Morgan fingerprint density at radius 1 is 1.33 bits per heavy atom. The average molecular weight is 110 g/mol. The molecule has 0 aliphatic rings. The minimum atomic E-state index is -0.611. The molecule has 0 aliphatic heterocycles. The van der Waals surface area contributed by atoms with Crippen molar-refractivity contribution in [2.75, 3.05) is 19.6 Å². The number of rotatable bonds is 0. The van der Waals surface area contributed by atoms with Crippen LogP contribution >= 0.6 is 0 Å². The molecule has 0 aliphatic carbocycles. The molecule has 2 nitrogen and oxygen atoms in total. The van der Waals surface area contributed by atoms with Crippen molar-refractivity contribution in [1.29, 1.82) is 0 Å². The van der Waals surface area contributed by atoms with Crippen LogP contribution in [0, 0.1) is 0 Å². The van der Waals surface area contributed by atoms with Crippen molar-refractivity contribution < 1.29 is 9.66 Å². The van der Waals surface area contributed by atoms with Crippen LogP contribution in [-0.4, -0.2) is 29.3 Å². The van der Waals surface area contributed by atoms with Gasteiger partial charge in [0.15, 0.2) is 0 Å². The molecule has 1 N–H and O–H groups in total. The highest BCUT2D eigenvalue weighted by Crippen LogP contribution is 1.61. The second-order valence-corrected chi connectivity index (χ2v) is 2.22. The monoisotopic (exact) mass is 110 g/mol. The molecule has 6 heavy (non-hydrogen) atoms. The maximum atomic E-state index is 9.56. The minimum absolute atomic E-state index is 0.611. The molecule has 0 radical (unpaired) electrons. The van der Waals surface area contributed by atoms with Crippen LogP contribution in [0.15, 0.2) is 0 Å². The van der Waals surface area contributed by atoms with Crippen LogP contribution < -0.4 is 0 Å². The van der Waals surface area contributed by atoms with Crippen molar-refractivity contribution in [3.63, 3.8) is 0 Å². The van der Waals surface area contributed by atoms with Crippen molar-refractivity contribution in [2.45, 2.75) is 0 Å². The van der Waals surface area contributed by atoms with Gasteiger partial charge in [-0.25, -0.2) is 0 Å². The number of hydrogen-bond acceptors (Lipinski definition) is 2. The standard InChI is InChI=1S/C2H6OS.CH4O/c1-4(2)3;1-2/h1-2H3;2H,1H3. The quantitative estimate of drug-likeness (QED) is 0.431. The highest BCUT2D eigenvalue weighted by atomic mass is 32.2. The van der Waals surface area contributed by atoms with Crippen molar-refractivity contribution in [2.24, 2.45) is 0 Å². The van der Waals surface area contributed by atoms with E-state index in [4.69, 9.17) is 5.11 Å². The third kappa shape index (κ3) is 626. The zero-order valence-electron chi connectivity index (χ0n) is 4.26. The number of aliphatic hydroxyl groups is 1.